The van der Waals surface area contributed by atoms with Crippen LogP contribution in [0.25, 0.3) is 0 Å². The average molecular weight is 413 g/mol. The van der Waals surface area contributed by atoms with Gasteiger partial charge in [-0.3, -0.25) is 14.5 Å². The van der Waals surface area contributed by atoms with Crippen molar-refractivity contribution in [2.75, 3.05) is 26.8 Å². The van der Waals surface area contributed by atoms with E-state index in [2.05, 4.69) is 0 Å². The third kappa shape index (κ3) is 4.37. The van der Waals surface area contributed by atoms with Gasteiger partial charge in [0.2, 0.25) is 10.0 Å². The number of ether oxygens (including phenoxy) is 2. The Balaban J connectivity index is 2.51. The second-order valence-electron chi connectivity index (χ2n) is 6.80. The lowest BCUT2D eigenvalue weighted by molar-refractivity contribution is -0.166. The highest BCUT2D eigenvalue weighted by atomic mass is 32.2. The van der Waals surface area contributed by atoms with Gasteiger partial charge in [0.05, 0.1) is 18.1 Å². The van der Waals surface area contributed by atoms with E-state index in [-0.39, 0.29) is 30.7 Å². The van der Waals surface area contributed by atoms with Gasteiger partial charge in [0, 0.05) is 12.6 Å². The molecule has 0 aliphatic carbocycles. The van der Waals surface area contributed by atoms with Gasteiger partial charge in [0.25, 0.3) is 0 Å². The molecule has 0 saturated carbocycles. The SMILES string of the molecule is CCOC(=O)C(C(=O)OCC)C1N(C)C(C)CN1S(=O)(=O)c1ccc(C)cc1. The molecule has 1 fully saturated rings. The minimum Gasteiger partial charge on any atom is -0.465 e. The zero-order valence-electron chi connectivity index (χ0n) is 16.9. The summed E-state index contributed by atoms with van der Waals surface area (Å²) in [5, 5.41) is 0. The summed E-state index contributed by atoms with van der Waals surface area (Å²) in [7, 11) is -2.25. The van der Waals surface area contributed by atoms with E-state index >= 15 is 0 Å². The lowest BCUT2D eigenvalue weighted by Gasteiger charge is -2.32. The molecule has 0 spiro atoms. The Morgan fingerprint density at radius 1 is 1.11 bits per heavy atom. The van der Waals surface area contributed by atoms with Crippen LogP contribution in [0.4, 0.5) is 0 Å². The Morgan fingerprint density at radius 3 is 2.07 bits per heavy atom. The molecule has 0 radical (unpaired) electrons. The van der Waals surface area contributed by atoms with E-state index in [1.54, 1.807) is 37.9 Å². The molecule has 0 bridgehead atoms. The first-order valence-corrected chi connectivity index (χ1v) is 10.7. The largest absolute Gasteiger partial charge is 0.465 e. The van der Waals surface area contributed by atoms with E-state index in [4.69, 9.17) is 9.47 Å². The molecule has 8 nitrogen and oxygen atoms in total. The molecule has 9 heteroatoms. The van der Waals surface area contributed by atoms with Crippen molar-refractivity contribution in [2.24, 2.45) is 5.92 Å². The van der Waals surface area contributed by atoms with Gasteiger partial charge in [-0.1, -0.05) is 17.7 Å². The van der Waals surface area contributed by atoms with Crippen molar-refractivity contribution < 1.29 is 27.5 Å². The maximum absolute atomic E-state index is 13.3. The number of benzene rings is 1. The second kappa shape index (κ2) is 9.02. The molecular weight excluding hydrogens is 384 g/mol. The molecule has 0 amide bonds. The fourth-order valence-electron chi connectivity index (χ4n) is 3.25. The highest BCUT2D eigenvalue weighted by Gasteiger charge is 2.52. The lowest BCUT2D eigenvalue weighted by atomic mass is 10.1. The highest BCUT2D eigenvalue weighted by Crippen LogP contribution is 2.32. The predicted octanol–water partition coefficient (Wildman–Crippen LogP) is 1.39. The molecule has 2 rings (SSSR count). The molecule has 0 aromatic heterocycles. The molecule has 28 heavy (non-hydrogen) atoms. The highest BCUT2D eigenvalue weighted by molar-refractivity contribution is 7.89. The van der Waals surface area contributed by atoms with Crippen LogP contribution >= 0.6 is 0 Å². The van der Waals surface area contributed by atoms with Crippen molar-refractivity contribution in [3.8, 4) is 0 Å². The Hall–Kier alpha value is -1.97. The molecule has 1 aromatic carbocycles. The van der Waals surface area contributed by atoms with Crippen molar-refractivity contribution in [1.82, 2.24) is 9.21 Å². The summed E-state index contributed by atoms with van der Waals surface area (Å²) in [6, 6.07) is 6.26. The number of sulfonamides is 1. The number of rotatable bonds is 7. The van der Waals surface area contributed by atoms with E-state index < -0.39 is 34.0 Å². The monoisotopic (exact) mass is 412 g/mol. The number of hydrogen-bond acceptors (Lipinski definition) is 7. The number of esters is 2. The van der Waals surface area contributed by atoms with E-state index in [0.29, 0.717) is 0 Å². The summed E-state index contributed by atoms with van der Waals surface area (Å²) >= 11 is 0. The zero-order chi connectivity index (χ0) is 21.1. The number of aryl methyl sites for hydroxylation is 1. The van der Waals surface area contributed by atoms with Crippen LogP contribution in [0, 0.1) is 12.8 Å². The molecule has 1 aliphatic rings. The minimum atomic E-state index is -3.94. The third-order valence-electron chi connectivity index (χ3n) is 4.86. The van der Waals surface area contributed by atoms with Crippen LogP contribution in [0.2, 0.25) is 0 Å². The number of carbonyl (C=O) groups is 2. The maximum Gasteiger partial charge on any atom is 0.323 e. The fourth-order valence-corrected chi connectivity index (χ4v) is 4.97. The van der Waals surface area contributed by atoms with E-state index in [1.165, 1.54) is 16.4 Å². The zero-order valence-corrected chi connectivity index (χ0v) is 17.7. The van der Waals surface area contributed by atoms with Crippen molar-refractivity contribution >= 4 is 22.0 Å². The molecule has 1 heterocycles. The van der Waals surface area contributed by atoms with Gasteiger partial charge in [-0.15, -0.1) is 0 Å². The standard InChI is InChI=1S/C19H28N2O6S/c1-6-26-18(22)16(19(23)27-7-2)17-20(5)14(4)12-21(17)28(24,25)15-10-8-13(3)9-11-15/h8-11,14,16-17H,6-7,12H2,1-5H3. The number of nitrogens with zero attached hydrogens (tertiary/aromatic N) is 2. The van der Waals surface area contributed by atoms with E-state index in [0.717, 1.165) is 5.56 Å². The van der Waals surface area contributed by atoms with Crippen molar-refractivity contribution in [1.29, 1.82) is 0 Å². The topological polar surface area (TPSA) is 93.2 Å². The van der Waals surface area contributed by atoms with Gasteiger partial charge in [-0.2, -0.15) is 4.31 Å². The van der Waals surface area contributed by atoms with Crippen LogP contribution in [-0.4, -0.2) is 68.6 Å². The fraction of sp³-hybridized carbons (Fsp3) is 0.579. The summed E-state index contributed by atoms with van der Waals surface area (Å²) in [6.45, 7) is 7.25. The number of likely N-dealkylation sites (N-methyl/N-ethyl adjacent to an activating group) is 1. The predicted molar refractivity (Wildman–Crippen MR) is 103 cm³/mol. The van der Waals surface area contributed by atoms with Crippen LogP contribution in [0.5, 0.6) is 0 Å². The van der Waals surface area contributed by atoms with E-state index in [9.17, 15) is 18.0 Å². The molecule has 1 saturated heterocycles. The summed E-state index contributed by atoms with van der Waals surface area (Å²) in [5.41, 5.74) is 0.929. The molecule has 156 valence electrons. The average Bonchev–Trinajstić information content (AvgIpc) is 2.92. The molecule has 1 aromatic rings. The Morgan fingerprint density at radius 2 is 1.61 bits per heavy atom. The van der Waals surface area contributed by atoms with Gasteiger partial charge in [0.1, 0.15) is 6.17 Å². The summed E-state index contributed by atoms with van der Waals surface area (Å²) in [6.07, 6.45) is -1.03. The van der Waals surface area contributed by atoms with Crippen LogP contribution < -0.4 is 0 Å². The first kappa shape index (κ1) is 22.3. The normalized spacial score (nSPS) is 21.1. The molecular formula is C19H28N2O6S. The van der Waals surface area contributed by atoms with Crippen LogP contribution in [0.1, 0.15) is 26.3 Å². The van der Waals surface area contributed by atoms with Crippen molar-refractivity contribution in [2.45, 2.75) is 44.8 Å². The Kier molecular flexibility index (Phi) is 7.19. The second-order valence-corrected chi connectivity index (χ2v) is 8.69. The van der Waals surface area contributed by atoms with Crippen molar-refractivity contribution in [3.05, 3.63) is 29.8 Å². The number of carbonyl (C=O) groups excluding carboxylic acids is 2. The quantitative estimate of drug-likeness (QED) is 0.493. The van der Waals surface area contributed by atoms with E-state index in [1.807, 2.05) is 13.8 Å². The Bertz CT molecular complexity index is 790. The van der Waals surface area contributed by atoms with Gasteiger partial charge in [-0.25, -0.2) is 8.42 Å². The summed E-state index contributed by atoms with van der Waals surface area (Å²) in [4.78, 5) is 27.0. The summed E-state index contributed by atoms with van der Waals surface area (Å²) in [5.74, 6) is -2.98. The third-order valence-corrected chi connectivity index (χ3v) is 6.71. The Labute approximate surface area is 166 Å². The lowest BCUT2D eigenvalue weighted by Crippen LogP contribution is -2.52. The first-order valence-electron chi connectivity index (χ1n) is 9.28. The summed E-state index contributed by atoms with van der Waals surface area (Å²) < 4.78 is 37.9. The van der Waals surface area contributed by atoms with Gasteiger partial charge < -0.3 is 9.47 Å². The van der Waals surface area contributed by atoms with Gasteiger partial charge in [0.15, 0.2) is 5.92 Å². The molecule has 1 aliphatic heterocycles. The van der Waals surface area contributed by atoms with Gasteiger partial charge >= 0.3 is 11.9 Å². The van der Waals surface area contributed by atoms with Gasteiger partial charge in [-0.05, 0) is 46.9 Å². The van der Waals surface area contributed by atoms with Crippen molar-refractivity contribution in [3.63, 3.8) is 0 Å². The van der Waals surface area contributed by atoms with Crippen LogP contribution in [-0.2, 0) is 29.1 Å². The van der Waals surface area contributed by atoms with Crippen LogP contribution in [0.15, 0.2) is 29.2 Å². The van der Waals surface area contributed by atoms with Crippen LogP contribution in [0.3, 0.4) is 0 Å². The molecule has 2 unspecified atom stereocenters. The molecule has 2 atom stereocenters. The maximum atomic E-state index is 13.3. The minimum absolute atomic E-state index is 0.0748. The number of hydrogen-bond donors (Lipinski definition) is 0. The smallest absolute Gasteiger partial charge is 0.323 e. The first-order chi connectivity index (χ1) is 13.1. The molecule has 0 N–H and O–H groups in total.